The molecule has 1 heterocycles. The van der Waals surface area contributed by atoms with Crippen LogP contribution in [0.3, 0.4) is 0 Å². The van der Waals surface area contributed by atoms with Crippen LogP contribution in [0.1, 0.15) is 53.9 Å². The van der Waals surface area contributed by atoms with Gasteiger partial charge in [0.1, 0.15) is 11.4 Å². The fourth-order valence-electron chi connectivity index (χ4n) is 3.06. The average molecular weight is 319 g/mol. The van der Waals surface area contributed by atoms with Gasteiger partial charge in [-0.3, -0.25) is 5.32 Å². The smallest absolute Gasteiger partial charge is 0.413 e. The topological polar surface area (TPSA) is 63.2 Å². The van der Waals surface area contributed by atoms with Crippen LogP contribution in [0.4, 0.5) is 16.3 Å². The molecular weight excluding hydrogens is 290 g/mol. The number of nitrogens with one attached hydrogen (secondary N) is 2. The number of anilines is 2. The van der Waals surface area contributed by atoms with Crippen molar-refractivity contribution in [2.24, 2.45) is 11.8 Å². The van der Waals surface area contributed by atoms with E-state index < -0.39 is 11.7 Å². The minimum Gasteiger partial charge on any atom is -0.444 e. The molecule has 0 bridgehead atoms. The standard InChI is InChI=1S/C18H29N3O2/c1-12-6-8-15(13(2)10-12)20-14-7-9-16(19-11-14)21-17(22)23-18(3,4)5/h7,9,11-13,15,20H,6,8,10H2,1-5H3,(H,19,21,22). The number of carbonyl (C=O) groups is 1. The fourth-order valence-corrected chi connectivity index (χ4v) is 3.06. The van der Waals surface area contributed by atoms with Gasteiger partial charge in [0.2, 0.25) is 0 Å². The number of carbonyl (C=O) groups excluding carboxylic acids is 1. The van der Waals surface area contributed by atoms with Crippen molar-refractivity contribution in [2.45, 2.75) is 65.5 Å². The summed E-state index contributed by atoms with van der Waals surface area (Å²) in [6, 6.07) is 4.24. The lowest BCUT2D eigenvalue weighted by atomic mass is 9.80. The van der Waals surface area contributed by atoms with Gasteiger partial charge in [0.25, 0.3) is 0 Å². The van der Waals surface area contributed by atoms with E-state index in [-0.39, 0.29) is 0 Å². The summed E-state index contributed by atoms with van der Waals surface area (Å²) in [5.74, 6) is 1.98. The molecule has 1 aliphatic rings. The Morgan fingerprint density at radius 3 is 2.57 bits per heavy atom. The zero-order chi connectivity index (χ0) is 17.0. The van der Waals surface area contributed by atoms with Crippen LogP contribution in [-0.2, 0) is 4.74 Å². The molecule has 128 valence electrons. The van der Waals surface area contributed by atoms with Gasteiger partial charge in [-0.1, -0.05) is 13.8 Å². The zero-order valence-electron chi connectivity index (χ0n) is 14.8. The maximum atomic E-state index is 11.7. The van der Waals surface area contributed by atoms with Gasteiger partial charge in [-0.15, -0.1) is 0 Å². The first kappa shape index (κ1) is 17.6. The van der Waals surface area contributed by atoms with Gasteiger partial charge in [-0.25, -0.2) is 9.78 Å². The fraction of sp³-hybridized carbons (Fsp3) is 0.667. The second-order valence-electron chi connectivity index (χ2n) is 7.71. The van der Waals surface area contributed by atoms with Gasteiger partial charge in [-0.2, -0.15) is 0 Å². The predicted octanol–water partition coefficient (Wildman–Crippen LogP) is 4.67. The Bertz CT molecular complexity index is 522. The molecule has 1 aromatic heterocycles. The Balaban J connectivity index is 1.88. The number of pyridine rings is 1. The highest BCUT2D eigenvalue weighted by Crippen LogP contribution is 2.30. The summed E-state index contributed by atoms with van der Waals surface area (Å²) in [7, 11) is 0. The van der Waals surface area contributed by atoms with E-state index in [2.05, 4.69) is 29.5 Å². The Kier molecular flexibility index (Phi) is 5.50. The van der Waals surface area contributed by atoms with E-state index in [1.165, 1.54) is 19.3 Å². The first-order valence-electron chi connectivity index (χ1n) is 8.45. The van der Waals surface area contributed by atoms with E-state index >= 15 is 0 Å². The molecule has 1 fully saturated rings. The Labute approximate surface area is 139 Å². The number of ether oxygens (including phenoxy) is 1. The van der Waals surface area contributed by atoms with Crippen LogP contribution in [0.15, 0.2) is 18.3 Å². The molecule has 1 amide bonds. The number of hydrogen-bond acceptors (Lipinski definition) is 4. The van der Waals surface area contributed by atoms with Crippen molar-refractivity contribution < 1.29 is 9.53 Å². The minimum atomic E-state index is -0.514. The lowest BCUT2D eigenvalue weighted by Gasteiger charge is -2.33. The maximum Gasteiger partial charge on any atom is 0.413 e. The van der Waals surface area contributed by atoms with Crippen molar-refractivity contribution in [1.82, 2.24) is 4.98 Å². The van der Waals surface area contributed by atoms with Crippen LogP contribution >= 0.6 is 0 Å². The second-order valence-corrected chi connectivity index (χ2v) is 7.71. The van der Waals surface area contributed by atoms with Crippen molar-refractivity contribution in [2.75, 3.05) is 10.6 Å². The first-order valence-corrected chi connectivity index (χ1v) is 8.45. The number of aromatic nitrogens is 1. The summed E-state index contributed by atoms with van der Waals surface area (Å²) in [4.78, 5) is 16.0. The van der Waals surface area contributed by atoms with E-state index in [1.54, 1.807) is 12.3 Å². The lowest BCUT2D eigenvalue weighted by Crippen LogP contribution is -2.33. The third-order valence-electron chi connectivity index (χ3n) is 4.18. The molecule has 5 heteroatoms. The molecule has 0 radical (unpaired) electrons. The van der Waals surface area contributed by atoms with Crippen LogP contribution in [0.25, 0.3) is 0 Å². The van der Waals surface area contributed by atoms with Gasteiger partial charge in [0.05, 0.1) is 11.9 Å². The molecular formula is C18H29N3O2. The summed E-state index contributed by atoms with van der Waals surface area (Å²) in [5.41, 5.74) is 0.478. The summed E-state index contributed by atoms with van der Waals surface area (Å²) in [6.45, 7) is 10.1. The van der Waals surface area contributed by atoms with Crippen LogP contribution in [0.2, 0.25) is 0 Å². The molecule has 0 spiro atoms. The third-order valence-corrected chi connectivity index (χ3v) is 4.18. The number of nitrogens with zero attached hydrogens (tertiary/aromatic N) is 1. The molecule has 2 N–H and O–H groups in total. The van der Waals surface area contributed by atoms with Crippen molar-refractivity contribution in [3.63, 3.8) is 0 Å². The molecule has 0 aliphatic heterocycles. The molecule has 23 heavy (non-hydrogen) atoms. The summed E-state index contributed by atoms with van der Waals surface area (Å²) in [6.07, 6.45) is 5.01. The molecule has 1 aromatic rings. The maximum absolute atomic E-state index is 11.7. The largest absolute Gasteiger partial charge is 0.444 e. The minimum absolute atomic E-state index is 0.486. The number of amides is 1. The molecule has 0 aromatic carbocycles. The van der Waals surface area contributed by atoms with Crippen molar-refractivity contribution >= 4 is 17.6 Å². The Hall–Kier alpha value is -1.78. The molecule has 0 saturated heterocycles. The summed E-state index contributed by atoms with van der Waals surface area (Å²) < 4.78 is 5.21. The van der Waals surface area contributed by atoms with Gasteiger partial charge >= 0.3 is 6.09 Å². The number of rotatable bonds is 3. The van der Waals surface area contributed by atoms with Crippen LogP contribution in [0.5, 0.6) is 0 Å². The average Bonchev–Trinajstić information content (AvgIpc) is 2.42. The van der Waals surface area contributed by atoms with Gasteiger partial charge < -0.3 is 10.1 Å². The highest BCUT2D eigenvalue weighted by molar-refractivity contribution is 5.83. The van der Waals surface area contributed by atoms with E-state index in [0.29, 0.717) is 17.8 Å². The SMILES string of the molecule is CC1CCC(Nc2ccc(NC(=O)OC(C)(C)C)nc2)C(C)C1. The predicted molar refractivity (Wildman–Crippen MR) is 93.7 cm³/mol. The zero-order valence-corrected chi connectivity index (χ0v) is 14.8. The van der Waals surface area contributed by atoms with E-state index in [0.717, 1.165) is 11.6 Å². The van der Waals surface area contributed by atoms with E-state index in [1.807, 2.05) is 26.8 Å². The molecule has 1 aliphatic carbocycles. The van der Waals surface area contributed by atoms with Crippen LogP contribution in [0, 0.1) is 11.8 Å². The Morgan fingerprint density at radius 2 is 2.00 bits per heavy atom. The Morgan fingerprint density at radius 1 is 1.26 bits per heavy atom. The van der Waals surface area contributed by atoms with Gasteiger partial charge in [-0.05, 0) is 64.0 Å². The monoisotopic (exact) mass is 319 g/mol. The van der Waals surface area contributed by atoms with E-state index in [4.69, 9.17) is 4.74 Å². The molecule has 3 unspecified atom stereocenters. The lowest BCUT2D eigenvalue weighted by molar-refractivity contribution is 0.0635. The summed E-state index contributed by atoms with van der Waals surface area (Å²) in [5, 5.41) is 6.21. The second kappa shape index (κ2) is 7.20. The van der Waals surface area contributed by atoms with Crippen molar-refractivity contribution in [3.8, 4) is 0 Å². The van der Waals surface area contributed by atoms with Gasteiger partial charge in [0.15, 0.2) is 0 Å². The normalized spacial score (nSPS) is 24.8. The van der Waals surface area contributed by atoms with Crippen LogP contribution < -0.4 is 10.6 Å². The van der Waals surface area contributed by atoms with Crippen molar-refractivity contribution in [3.05, 3.63) is 18.3 Å². The third kappa shape index (κ3) is 5.73. The molecule has 3 atom stereocenters. The summed E-state index contributed by atoms with van der Waals surface area (Å²) >= 11 is 0. The highest BCUT2D eigenvalue weighted by atomic mass is 16.6. The van der Waals surface area contributed by atoms with Crippen LogP contribution in [-0.4, -0.2) is 22.7 Å². The van der Waals surface area contributed by atoms with Gasteiger partial charge in [0, 0.05) is 6.04 Å². The van der Waals surface area contributed by atoms with E-state index in [9.17, 15) is 4.79 Å². The van der Waals surface area contributed by atoms with Crippen molar-refractivity contribution in [1.29, 1.82) is 0 Å². The molecule has 2 rings (SSSR count). The first-order chi connectivity index (χ1) is 10.7. The molecule has 1 saturated carbocycles. The number of hydrogen-bond donors (Lipinski definition) is 2. The quantitative estimate of drug-likeness (QED) is 0.850. The highest BCUT2D eigenvalue weighted by Gasteiger charge is 2.25. The molecule has 5 nitrogen and oxygen atoms in total.